The predicted molar refractivity (Wildman–Crippen MR) is 76.8 cm³/mol. The van der Waals surface area contributed by atoms with Crippen molar-refractivity contribution in [1.29, 1.82) is 0 Å². The second-order valence-corrected chi connectivity index (χ2v) is 11.6. The van der Waals surface area contributed by atoms with E-state index < -0.39 is 8.07 Å². The fourth-order valence-corrected chi connectivity index (χ4v) is 2.77. The number of allylic oxidation sites excluding steroid dienone is 1. The first-order chi connectivity index (χ1) is 7.47. The molecule has 0 N–H and O–H groups in total. The molecule has 0 unspecified atom stereocenters. The van der Waals surface area contributed by atoms with Crippen LogP contribution in [0.1, 0.15) is 5.56 Å². The Morgan fingerprint density at radius 2 is 1.75 bits per heavy atom. The molecular weight excluding hydrogens is 275 g/mol. The topological polar surface area (TPSA) is 0 Å². The SMILES string of the molecule is Cc1ccc([Se]/C=C/C#C[Si](C)(C)C)cc1. The molecule has 0 fully saturated rings. The van der Waals surface area contributed by atoms with Gasteiger partial charge in [-0.1, -0.05) is 0 Å². The minimum atomic E-state index is -1.20. The molecule has 0 heterocycles. The second-order valence-electron chi connectivity index (χ2n) is 4.75. The summed E-state index contributed by atoms with van der Waals surface area (Å²) in [4.78, 5) is 2.20. The van der Waals surface area contributed by atoms with E-state index in [0.717, 1.165) is 0 Å². The van der Waals surface area contributed by atoms with Gasteiger partial charge in [0.05, 0.1) is 0 Å². The molecule has 0 aromatic heterocycles. The summed E-state index contributed by atoms with van der Waals surface area (Å²) in [7, 11) is -1.20. The van der Waals surface area contributed by atoms with E-state index in [1.54, 1.807) is 0 Å². The third-order valence-electron chi connectivity index (χ3n) is 1.82. The maximum atomic E-state index is 3.33. The predicted octanol–water partition coefficient (Wildman–Crippen LogP) is 2.72. The summed E-state index contributed by atoms with van der Waals surface area (Å²) in [6, 6.07) is 8.73. The van der Waals surface area contributed by atoms with Gasteiger partial charge in [0.25, 0.3) is 0 Å². The summed E-state index contributed by atoms with van der Waals surface area (Å²) >= 11 is 0.418. The number of hydrogen-bond donors (Lipinski definition) is 0. The molecule has 2 heteroatoms. The van der Waals surface area contributed by atoms with Crippen molar-refractivity contribution in [3.8, 4) is 11.5 Å². The van der Waals surface area contributed by atoms with Crippen LogP contribution in [0.25, 0.3) is 0 Å². The Bertz CT molecular complexity index is 413. The molecule has 0 atom stereocenters. The van der Waals surface area contributed by atoms with Crippen LogP contribution < -0.4 is 4.46 Å². The van der Waals surface area contributed by atoms with Gasteiger partial charge in [-0.25, -0.2) is 0 Å². The number of rotatable bonds is 2. The number of aryl methyl sites for hydroxylation is 1. The monoisotopic (exact) mass is 294 g/mol. The number of hydrogen-bond acceptors (Lipinski definition) is 0. The van der Waals surface area contributed by atoms with E-state index in [0.29, 0.717) is 15.0 Å². The number of benzene rings is 1. The van der Waals surface area contributed by atoms with Gasteiger partial charge in [-0.3, -0.25) is 0 Å². The Morgan fingerprint density at radius 1 is 1.12 bits per heavy atom. The quantitative estimate of drug-likeness (QED) is 0.581. The van der Waals surface area contributed by atoms with Crippen molar-refractivity contribution < 1.29 is 0 Å². The molecular formula is C14H18SeSi. The van der Waals surface area contributed by atoms with Crippen molar-refractivity contribution in [1.82, 2.24) is 0 Å². The third kappa shape index (κ3) is 5.97. The van der Waals surface area contributed by atoms with E-state index in [4.69, 9.17) is 0 Å². The van der Waals surface area contributed by atoms with Crippen molar-refractivity contribution >= 4 is 27.5 Å². The van der Waals surface area contributed by atoms with Gasteiger partial charge in [-0.05, 0) is 0 Å². The van der Waals surface area contributed by atoms with Crippen LogP contribution in [-0.2, 0) is 0 Å². The standard InChI is InChI=1S/C14H18SeSi/c1-13-7-9-14(10-8-13)15-11-5-6-12-16(2,3)4/h5,7-11H,1-4H3/b11-5+. The molecule has 0 nitrogen and oxygen atoms in total. The molecule has 1 aromatic carbocycles. The molecule has 0 aliphatic heterocycles. The molecule has 0 saturated heterocycles. The van der Waals surface area contributed by atoms with Crippen LogP contribution >= 0.6 is 0 Å². The molecule has 1 aromatic rings. The first kappa shape index (κ1) is 13.3. The Hall–Kier alpha value is -0.744. The van der Waals surface area contributed by atoms with Gasteiger partial charge in [-0.2, -0.15) is 0 Å². The van der Waals surface area contributed by atoms with Crippen molar-refractivity contribution in [2.75, 3.05) is 0 Å². The van der Waals surface area contributed by atoms with E-state index in [1.165, 1.54) is 10.0 Å². The fourth-order valence-electron chi connectivity index (χ4n) is 1.02. The van der Waals surface area contributed by atoms with Crippen molar-refractivity contribution in [3.05, 3.63) is 40.9 Å². The van der Waals surface area contributed by atoms with Gasteiger partial charge in [0.2, 0.25) is 0 Å². The van der Waals surface area contributed by atoms with Gasteiger partial charge >= 0.3 is 106 Å². The molecule has 84 valence electrons. The molecule has 0 bridgehead atoms. The van der Waals surface area contributed by atoms with Gasteiger partial charge in [-0.15, -0.1) is 0 Å². The molecule has 0 aliphatic carbocycles. The van der Waals surface area contributed by atoms with E-state index >= 15 is 0 Å². The summed E-state index contributed by atoms with van der Waals surface area (Å²) in [5, 5.41) is 0. The summed E-state index contributed by atoms with van der Waals surface area (Å²) in [6.07, 6.45) is 2.01. The van der Waals surface area contributed by atoms with Crippen molar-refractivity contribution in [3.63, 3.8) is 0 Å². The van der Waals surface area contributed by atoms with Crippen molar-refractivity contribution in [2.45, 2.75) is 26.6 Å². The van der Waals surface area contributed by atoms with E-state index in [1.807, 2.05) is 6.08 Å². The second kappa shape index (κ2) is 6.11. The average Bonchev–Trinajstić information content (AvgIpc) is 2.19. The Balaban J connectivity index is 2.48. The van der Waals surface area contributed by atoms with E-state index in [-0.39, 0.29) is 0 Å². The van der Waals surface area contributed by atoms with Gasteiger partial charge < -0.3 is 0 Å². The van der Waals surface area contributed by atoms with Gasteiger partial charge in [0, 0.05) is 0 Å². The Morgan fingerprint density at radius 3 is 2.31 bits per heavy atom. The van der Waals surface area contributed by atoms with E-state index in [9.17, 15) is 0 Å². The van der Waals surface area contributed by atoms with Crippen LogP contribution in [0.2, 0.25) is 19.6 Å². The summed E-state index contributed by atoms with van der Waals surface area (Å²) in [5.74, 6) is 3.15. The van der Waals surface area contributed by atoms with Gasteiger partial charge in [0.15, 0.2) is 0 Å². The average molecular weight is 293 g/mol. The van der Waals surface area contributed by atoms with Crippen LogP contribution in [0.4, 0.5) is 0 Å². The van der Waals surface area contributed by atoms with Crippen LogP contribution in [-0.4, -0.2) is 23.0 Å². The van der Waals surface area contributed by atoms with Gasteiger partial charge in [0.1, 0.15) is 0 Å². The van der Waals surface area contributed by atoms with Crippen LogP contribution in [0.5, 0.6) is 0 Å². The zero-order valence-corrected chi connectivity index (χ0v) is 13.1. The zero-order chi connectivity index (χ0) is 12.0. The van der Waals surface area contributed by atoms with Crippen LogP contribution in [0, 0.1) is 18.4 Å². The first-order valence-electron chi connectivity index (χ1n) is 5.38. The van der Waals surface area contributed by atoms with E-state index in [2.05, 4.69) is 67.3 Å². The molecule has 0 saturated carbocycles. The third-order valence-corrected chi connectivity index (χ3v) is 4.43. The molecule has 0 radical (unpaired) electrons. The first-order valence-corrected chi connectivity index (χ1v) is 10.7. The minimum absolute atomic E-state index is 0.418. The summed E-state index contributed by atoms with van der Waals surface area (Å²) in [5.41, 5.74) is 4.65. The molecule has 0 spiro atoms. The normalized spacial score (nSPS) is 11.2. The Labute approximate surface area is 106 Å². The summed E-state index contributed by atoms with van der Waals surface area (Å²) < 4.78 is 1.41. The fraction of sp³-hybridized carbons (Fsp3) is 0.286. The summed E-state index contributed by atoms with van der Waals surface area (Å²) in [6.45, 7) is 8.91. The van der Waals surface area contributed by atoms with Crippen LogP contribution in [0.3, 0.4) is 0 Å². The molecule has 0 amide bonds. The maximum absolute atomic E-state index is 3.33. The van der Waals surface area contributed by atoms with Crippen molar-refractivity contribution in [2.24, 2.45) is 0 Å². The Kier molecular flexibility index (Phi) is 5.08. The molecule has 1 rings (SSSR count). The zero-order valence-electron chi connectivity index (χ0n) is 10.4. The molecule has 0 aliphatic rings. The molecule has 16 heavy (non-hydrogen) atoms. The van der Waals surface area contributed by atoms with Crippen LogP contribution in [0.15, 0.2) is 35.3 Å².